The molecule has 3 nitrogen and oxygen atoms in total. The maximum absolute atomic E-state index is 5.76. The van der Waals surface area contributed by atoms with Gasteiger partial charge in [0.25, 0.3) is 0 Å². The van der Waals surface area contributed by atoms with Gasteiger partial charge in [-0.1, -0.05) is 0 Å². The number of hydrogen-bond donors (Lipinski definition) is 1. The molecule has 14 heavy (non-hydrogen) atoms. The Hall–Kier alpha value is -0.800. The molecule has 0 radical (unpaired) electrons. The maximum atomic E-state index is 5.76. The third-order valence-corrected chi connectivity index (χ3v) is 2.73. The highest BCUT2D eigenvalue weighted by Gasteiger charge is 2.25. The first-order chi connectivity index (χ1) is 6.67. The first kappa shape index (κ1) is 9.74. The van der Waals surface area contributed by atoms with Gasteiger partial charge < -0.3 is 14.5 Å². The van der Waals surface area contributed by atoms with Crippen molar-refractivity contribution in [3.63, 3.8) is 0 Å². The quantitative estimate of drug-likeness (QED) is 0.745. The summed E-state index contributed by atoms with van der Waals surface area (Å²) in [6, 6.07) is 1.96. The molecule has 1 N–H and O–H groups in total. The second-order valence-electron chi connectivity index (χ2n) is 4.43. The molecule has 1 aliphatic rings. The first-order valence-electron chi connectivity index (χ1n) is 5.06. The number of furan rings is 1. The molecule has 1 atom stereocenters. The van der Waals surface area contributed by atoms with Gasteiger partial charge in [0.05, 0.1) is 18.6 Å². The van der Waals surface area contributed by atoms with Crippen molar-refractivity contribution in [2.75, 3.05) is 13.2 Å². The Morgan fingerprint density at radius 3 is 3.07 bits per heavy atom. The molecule has 0 spiro atoms. The van der Waals surface area contributed by atoms with E-state index in [0.717, 1.165) is 25.1 Å². The Balaban J connectivity index is 2.03. The van der Waals surface area contributed by atoms with Crippen LogP contribution in [0.15, 0.2) is 23.0 Å². The van der Waals surface area contributed by atoms with Crippen LogP contribution in [0.2, 0.25) is 0 Å². The normalized spacial score (nSPS) is 27.1. The van der Waals surface area contributed by atoms with Crippen LogP contribution in [0, 0.1) is 0 Å². The van der Waals surface area contributed by atoms with Gasteiger partial charge in [0.2, 0.25) is 0 Å². The van der Waals surface area contributed by atoms with E-state index in [-0.39, 0.29) is 11.6 Å². The highest BCUT2D eigenvalue weighted by atomic mass is 16.5. The van der Waals surface area contributed by atoms with Gasteiger partial charge in [-0.3, -0.25) is 0 Å². The van der Waals surface area contributed by atoms with Crippen molar-refractivity contribution in [1.29, 1.82) is 0 Å². The second-order valence-corrected chi connectivity index (χ2v) is 4.43. The van der Waals surface area contributed by atoms with Gasteiger partial charge in [0.1, 0.15) is 0 Å². The van der Waals surface area contributed by atoms with Crippen molar-refractivity contribution in [1.82, 2.24) is 5.32 Å². The molecule has 2 rings (SSSR count). The van der Waals surface area contributed by atoms with Crippen molar-refractivity contribution in [2.45, 2.75) is 31.9 Å². The van der Waals surface area contributed by atoms with Crippen LogP contribution in [0.5, 0.6) is 0 Å². The summed E-state index contributed by atoms with van der Waals surface area (Å²) in [6.45, 7) is 6.06. The highest BCUT2D eigenvalue weighted by molar-refractivity contribution is 5.10. The summed E-state index contributed by atoms with van der Waals surface area (Å²) < 4.78 is 10.8. The largest absolute Gasteiger partial charge is 0.472 e. The van der Waals surface area contributed by atoms with Crippen LogP contribution in [0.25, 0.3) is 0 Å². The van der Waals surface area contributed by atoms with Crippen LogP contribution in [0.1, 0.15) is 31.9 Å². The van der Waals surface area contributed by atoms with Gasteiger partial charge in [0, 0.05) is 24.3 Å². The van der Waals surface area contributed by atoms with Crippen molar-refractivity contribution in [3.05, 3.63) is 24.2 Å². The van der Waals surface area contributed by atoms with Crippen molar-refractivity contribution >= 4 is 0 Å². The lowest BCUT2D eigenvalue weighted by molar-refractivity contribution is 0.0652. The molecule has 0 amide bonds. The van der Waals surface area contributed by atoms with Gasteiger partial charge in [-0.15, -0.1) is 0 Å². The zero-order valence-electron chi connectivity index (χ0n) is 8.75. The Kier molecular flexibility index (Phi) is 2.61. The summed E-state index contributed by atoms with van der Waals surface area (Å²) in [4.78, 5) is 0. The summed E-state index contributed by atoms with van der Waals surface area (Å²) >= 11 is 0. The average Bonchev–Trinajstić information content (AvgIpc) is 2.58. The summed E-state index contributed by atoms with van der Waals surface area (Å²) in [5.74, 6) is 0. The Labute approximate surface area is 84.4 Å². The molecule has 2 heterocycles. The SMILES string of the molecule is CC1(C)CCOC(c2ccoc2)CN1. The van der Waals surface area contributed by atoms with E-state index in [1.54, 1.807) is 12.5 Å². The fourth-order valence-corrected chi connectivity index (χ4v) is 1.64. The van der Waals surface area contributed by atoms with Crippen LogP contribution in [0.4, 0.5) is 0 Å². The third kappa shape index (κ3) is 2.16. The molecule has 78 valence electrons. The lowest BCUT2D eigenvalue weighted by Crippen LogP contribution is -2.39. The van der Waals surface area contributed by atoms with E-state index in [1.165, 1.54) is 0 Å². The van der Waals surface area contributed by atoms with Gasteiger partial charge >= 0.3 is 0 Å². The number of hydrogen-bond acceptors (Lipinski definition) is 3. The van der Waals surface area contributed by atoms with Gasteiger partial charge in [-0.2, -0.15) is 0 Å². The van der Waals surface area contributed by atoms with E-state index in [1.807, 2.05) is 6.07 Å². The second kappa shape index (κ2) is 3.75. The van der Waals surface area contributed by atoms with Crippen LogP contribution in [0.3, 0.4) is 0 Å². The first-order valence-corrected chi connectivity index (χ1v) is 5.06. The molecule has 1 saturated heterocycles. The topological polar surface area (TPSA) is 34.4 Å². The molecule has 0 aliphatic carbocycles. The minimum Gasteiger partial charge on any atom is -0.472 e. The molecular weight excluding hydrogens is 178 g/mol. The summed E-state index contributed by atoms with van der Waals surface area (Å²) in [5, 5.41) is 3.49. The molecular formula is C11H17NO2. The summed E-state index contributed by atoms with van der Waals surface area (Å²) in [6.07, 6.45) is 4.62. The Morgan fingerprint density at radius 1 is 1.50 bits per heavy atom. The zero-order chi connectivity index (χ0) is 10.0. The lowest BCUT2D eigenvalue weighted by Gasteiger charge is -2.23. The fraction of sp³-hybridized carbons (Fsp3) is 0.636. The minimum atomic E-state index is 0.135. The summed E-state index contributed by atoms with van der Waals surface area (Å²) in [5.41, 5.74) is 1.30. The molecule has 1 aliphatic heterocycles. The highest BCUT2D eigenvalue weighted by Crippen LogP contribution is 2.23. The molecule has 1 fully saturated rings. The van der Waals surface area contributed by atoms with Crippen LogP contribution in [-0.2, 0) is 4.74 Å². The van der Waals surface area contributed by atoms with E-state index >= 15 is 0 Å². The predicted octanol–water partition coefficient (Wildman–Crippen LogP) is 2.11. The van der Waals surface area contributed by atoms with Crippen molar-refractivity contribution < 1.29 is 9.15 Å². The molecule has 1 aromatic heterocycles. The smallest absolute Gasteiger partial charge is 0.0980 e. The van der Waals surface area contributed by atoms with Crippen molar-refractivity contribution in [2.24, 2.45) is 0 Å². The van der Waals surface area contributed by atoms with Crippen LogP contribution in [-0.4, -0.2) is 18.7 Å². The van der Waals surface area contributed by atoms with Gasteiger partial charge in [0.15, 0.2) is 0 Å². The Morgan fingerprint density at radius 2 is 2.36 bits per heavy atom. The minimum absolute atomic E-state index is 0.135. The molecule has 0 saturated carbocycles. The van der Waals surface area contributed by atoms with Crippen LogP contribution >= 0.6 is 0 Å². The van der Waals surface area contributed by atoms with E-state index in [0.29, 0.717) is 0 Å². The van der Waals surface area contributed by atoms with E-state index in [9.17, 15) is 0 Å². The standard InChI is InChI=1S/C11H17NO2/c1-11(2)4-6-14-10(7-12-11)9-3-5-13-8-9/h3,5,8,10,12H,4,6-7H2,1-2H3. The molecule has 1 aromatic rings. The predicted molar refractivity (Wildman–Crippen MR) is 54.1 cm³/mol. The average molecular weight is 195 g/mol. The lowest BCUT2D eigenvalue weighted by atomic mass is 10.0. The molecule has 1 unspecified atom stereocenters. The van der Waals surface area contributed by atoms with E-state index in [2.05, 4.69) is 19.2 Å². The molecule has 0 bridgehead atoms. The number of nitrogens with one attached hydrogen (secondary N) is 1. The van der Waals surface area contributed by atoms with E-state index in [4.69, 9.17) is 9.15 Å². The fourth-order valence-electron chi connectivity index (χ4n) is 1.64. The monoisotopic (exact) mass is 195 g/mol. The third-order valence-electron chi connectivity index (χ3n) is 2.73. The Bertz CT molecular complexity index is 279. The number of ether oxygens (including phenoxy) is 1. The van der Waals surface area contributed by atoms with Crippen LogP contribution < -0.4 is 5.32 Å². The maximum Gasteiger partial charge on any atom is 0.0980 e. The zero-order valence-corrected chi connectivity index (χ0v) is 8.75. The van der Waals surface area contributed by atoms with Gasteiger partial charge in [-0.25, -0.2) is 0 Å². The van der Waals surface area contributed by atoms with Gasteiger partial charge in [-0.05, 0) is 26.3 Å². The molecule has 3 heteroatoms. The van der Waals surface area contributed by atoms with E-state index < -0.39 is 0 Å². The number of rotatable bonds is 1. The summed E-state index contributed by atoms with van der Waals surface area (Å²) in [7, 11) is 0. The van der Waals surface area contributed by atoms with Crippen molar-refractivity contribution in [3.8, 4) is 0 Å². The molecule has 0 aromatic carbocycles.